The maximum Gasteiger partial charge on any atom is 0.270 e. The van der Waals surface area contributed by atoms with Crippen LogP contribution in [0.1, 0.15) is 47.6 Å². The van der Waals surface area contributed by atoms with Gasteiger partial charge >= 0.3 is 0 Å². The topological polar surface area (TPSA) is 105 Å². The molecule has 2 heterocycles. The van der Waals surface area contributed by atoms with E-state index in [4.69, 9.17) is 0 Å². The van der Waals surface area contributed by atoms with E-state index in [2.05, 4.69) is 25.9 Å². The molecule has 2 atom stereocenters. The lowest BCUT2D eigenvalue weighted by atomic mass is 9.78. The highest BCUT2D eigenvalue weighted by Gasteiger charge is 2.62. The maximum absolute atomic E-state index is 13.3. The van der Waals surface area contributed by atoms with Crippen molar-refractivity contribution in [1.29, 1.82) is 0 Å². The SMILES string of the molecule is Cc1n[nH]c(C)c1-c1ccc(NC(=O)[C@@H](NC(=O)c2ccnn2C)C2CC23CCC3)cc1. The molecule has 2 aliphatic rings. The Kier molecular flexibility index (Phi) is 4.87. The maximum atomic E-state index is 13.3. The summed E-state index contributed by atoms with van der Waals surface area (Å²) >= 11 is 0. The van der Waals surface area contributed by atoms with E-state index >= 15 is 0 Å². The molecule has 1 aromatic carbocycles. The Labute approximate surface area is 186 Å². The lowest BCUT2D eigenvalue weighted by Crippen LogP contribution is -2.47. The number of carbonyl (C=O) groups is 2. The summed E-state index contributed by atoms with van der Waals surface area (Å²) in [5.74, 6) is -0.255. The minimum atomic E-state index is -0.560. The van der Waals surface area contributed by atoms with Gasteiger partial charge in [-0.2, -0.15) is 10.2 Å². The molecule has 8 heteroatoms. The standard InChI is InChI=1S/C24H28N6O2/c1-14-20(15(2)29-28-14)16-5-7-17(8-6-16)26-23(32)21(18-13-24(18)10-4-11-24)27-22(31)19-9-12-25-30(19)3/h5-9,12,18,21H,4,10-11,13H2,1-3H3,(H,26,32)(H,27,31)(H,28,29)/t18?,21-/m0/s1. The number of hydrogen-bond donors (Lipinski definition) is 3. The molecule has 1 spiro atoms. The second-order valence-electron chi connectivity index (χ2n) is 9.19. The van der Waals surface area contributed by atoms with Crippen molar-refractivity contribution in [1.82, 2.24) is 25.3 Å². The van der Waals surface area contributed by atoms with Gasteiger partial charge in [-0.05, 0) is 68.2 Å². The van der Waals surface area contributed by atoms with Gasteiger partial charge in [0.2, 0.25) is 5.91 Å². The Hall–Kier alpha value is -3.42. The molecule has 2 fully saturated rings. The fourth-order valence-corrected chi connectivity index (χ4v) is 5.13. The first kappa shape index (κ1) is 20.5. The smallest absolute Gasteiger partial charge is 0.270 e. The van der Waals surface area contributed by atoms with Crippen molar-refractivity contribution in [3.8, 4) is 11.1 Å². The van der Waals surface area contributed by atoms with Crippen molar-refractivity contribution in [2.45, 2.75) is 45.6 Å². The summed E-state index contributed by atoms with van der Waals surface area (Å²) in [5.41, 5.74) is 5.47. The first-order chi connectivity index (χ1) is 15.4. The van der Waals surface area contributed by atoms with Crippen LogP contribution in [-0.4, -0.2) is 37.8 Å². The number of anilines is 1. The van der Waals surface area contributed by atoms with Crippen LogP contribution in [0.25, 0.3) is 11.1 Å². The highest BCUT2D eigenvalue weighted by atomic mass is 16.2. The quantitative estimate of drug-likeness (QED) is 0.555. The highest BCUT2D eigenvalue weighted by molar-refractivity contribution is 6.01. The van der Waals surface area contributed by atoms with E-state index < -0.39 is 6.04 Å². The van der Waals surface area contributed by atoms with Gasteiger partial charge < -0.3 is 10.6 Å². The van der Waals surface area contributed by atoms with Crippen molar-refractivity contribution in [2.75, 3.05) is 5.32 Å². The van der Waals surface area contributed by atoms with Crippen LogP contribution < -0.4 is 10.6 Å². The molecule has 0 bridgehead atoms. The molecule has 2 amide bonds. The zero-order valence-electron chi connectivity index (χ0n) is 18.6. The average Bonchev–Trinajstić information content (AvgIpc) is 3.23. The molecule has 166 valence electrons. The van der Waals surface area contributed by atoms with Crippen LogP contribution in [0.3, 0.4) is 0 Å². The molecule has 0 aliphatic heterocycles. The fraction of sp³-hybridized carbons (Fsp3) is 0.417. The number of aromatic amines is 1. The number of hydrogen-bond acceptors (Lipinski definition) is 4. The van der Waals surface area contributed by atoms with Gasteiger partial charge in [-0.1, -0.05) is 18.6 Å². The van der Waals surface area contributed by atoms with Crippen LogP contribution in [0.5, 0.6) is 0 Å². The number of rotatable bonds is 6. The number of H-pyrrole nitrogens is 1. The molecule has 0 radical (unpaired) electrons. The molecule has 2 saturated carbocycles. The molecule has 8 nitrogen and oxygen atoms in total. The van der Waals surface area contributed by atoms with E-state index in [1.165, 1.54) is 11.1 Å². The molecule has 32 heavy (non-hydrogen) atoms. The van der Waals surface area contributed by atoms with Gasteiger partial charge in [0.25, 0.3) is 5.91 Å². The number of nitrogens with zero attached hydrogens (tertiary/aromatic N) is 3. The molecule has 3 aromatic rings. The lowest BCUT2D eigenvalue weighted by Gasteiger charge is -2.29. The zero-order chi connectivity index (χ0) is 22.5. The molecule has 2 aliphatic carbocycles. The number of aromatic nitrogens is 4. The summed E-state index contributed by atoms with van der Waals surface area (Å²) in [7, 11) is 1.72. The fourth-order valence-electron chi connectivity index (χ4n) is 5.13. The summed E-state index contributed by atoms with van der Waals surface area (Å²) in [6.45, 7) is 3.96. The molecular formula is C24H28N6O2. The summed E-state index contributed by atoms with van der Waals surface area (Å²) < 4.78 is 1.52. The zero-order valence-corrected chi connectivity index (χ0v) is 18.6. The summed E-state index contributed by atoms with van der Waals surface area (Å²) in [6.07, 6.45) is 6.06. The number of aryl methyl sites for hydroxylation is 3. The average molecular weight is 433 g/mol. The van der Waals surface area contributed by atoms with Crippen molar-refractivity contribution < 1.29 is 9.59 Å². The Morgan fingerprint density at radius 2 is 1.94 bits per heavy atom. The second-order valence-corrected chi connectivity index (χ2v) is 9.19. The van der Waals surface area contributed by atoms with Gasteiger partial charge in [0.15, 0.2) is 0 Å². The number of nitrogens with one attached hydrogen (secondary N) is 3. The van der Waals surface area contributed by atoms with Gasteiger partial charge in [0.1, 0.15) is 11.7 Å². The molecule has 3 N–H and O–H groups in total. The normalized spacial score (nSPS) is 19.3. The molecule has 0 saturated heterocycles. The Balaban J connectivity index is 1.32. The third kappa shape index (κ3) is 3.49. The van der Waals surface area contributed by atoms with Crippen LogP contribution in [0.2, 0.25) is 0 Å². The lowest BCUT2D eigenvalue weighted by molar-refractivity contribution is -0.118. The van der Waals surface area contributed by atoms with Crippen molar-refractivity contribution in [3.05, 3.63) is 53.6 Å². The van der Waals surface area contributed by atoms with Crippen LogP contribution in [0, 0.1) is 25.2 Å². The van der Waals surface area contributed by atoms with Gasteiger partial charge in [0.05, 0.1) is 5.69 Å². The molecule has 5 rings (SSSR count). The van der Waals surface area contributed by atoms with Crippen LogP contribution in [0.4, 0.5) is 5.69 Å². The van der Waals surface area contributed by atoms with Gasteiger partial charge in [-0.25, -0.2) is 0 Å². The van der Waals surface area contributed by atoms with Crippen molar-refractivity contribution in [2.24, 2.45) is 18.4 Å². The third-order valence-electron chi connectivity index (χ3n) is 7.20. The van der Waals surface area contributed by atoms with E-state index in [0.717, 1.165) is 41.8 Å². The van der Waals surface area contributed by atoms with Crippen LogP contribution in [-0.2, 0) is 11.8 Å². The number of benzene rings is 1. The Morgan fingerprint density at radius 3 is 2.47 bits per heavy atom. The summed E-state index contributed by atoms with van der Waals surface area (Å²) in [5, 5.41) is 17.3. The predicted molar refractivity (Wildman–Crippen MR) is 121 cm³/mol. The van der Waals surface area contributed by atoms with Crippen LogP contribution >= 0.6 is 0 Å². The van der Waals surface area contributed by atoms with E-state index in [9.17, 15) is 9.59 Å². The predicted octanol–water partition coefficient (Wildman–Crippen LogP) is 3.35. The minimum absolute atomic E-state index is 0.169. The van der Waals surface area contributed by atoms with E-state index in [1.807, 2.05) is 38.1 Å². The highest BCUT2D eigenvalue weighted by Crippen LogP contribution is 2.66. The summed E-state index contributed by atoms with van der Waals surface area (Å²) in [6, 6.07) is 8.85. The van der Waals surface area contributed by atoms with E-state index in [0.29, 0.717) is 11.4 Å². The minimum Gasteiger partial charge on any atom is -0.339 e. The number of carbonyl (C=O) groups excluding carboxylic acids is 2. The monoisotopic (exact) mass is 432 g/mol. The Morgan fingerprint density at radius 1 is 1.19 bits per heavy atom. The first-order valence-corrected chi connectivity index (χ1v) is 11.1. The van der Waals surface area contributed by atoms with Crippen LogP contribution in [0.15, 0.2) is 36.5 Å². The van der Waals surface area contributed by atoms with Gasteiger partial charge in [-0.3, -0.25) is 19.4 Å². The van der Waals surface area contributed by atoms with Crippen molar-refractivity contribution in [3.63, 3.8) is 0 Å². The second kappa shape index (κ2) is 7.62. The van der Waals surface area contributed by atoms with E-state index in [1.54, 1.807) is 19.3 Å². The van der Waals surface area contributed by atoms with Gasteiger partial charge in [0, 0.05) is 30.2 Å². The van der Waals surface area contributed by atoms with E-state index in [-0.39, 0.29) is 23.1 Å². The number of amides is 2. The summed E-state index contributed by atoms with van der Waals surface area (Å²) in [4.78, 5) is 26.1. The Bertz CT molecular complexity index is 1150. The largest absolute Gasteiger partial charge is 0.339 e. The third-order valence-corrected chi connectivity index (χ3v) is 7.20. The van der Waals surface area contributed by atoms with Gasteiger partial charge in [-0.15, -0.1) is 0 Å². The molecule has 2 aromatic heterocycles. The van der Waals surface area contributed by atoms with Crippen molar-refractivity contribution >= 4 is 17.5 Å². The molecule has 1 unspecified atom stereocenters. The first-order valence-electron chi connectivity index (χ1n) is 11.1. The molecular weight excluding hydrogens is 404 g/mol.